The molecule has 1 fully saturated rings. The first-order chi connectivity index (χ1) is 18.4. The number of Topliss-reactive ketones (excluding diaryl/α,β-unsaturated/α-hetero) is 1. The monoisotopic (exact) mass is 509 g/mol. The highest BCUT2D eigenvalue weighted by molar-refractivity contribution is 6.51. The molecule has 0 saturated carbocycles. The molecule has 1 unspecified atom stereocenters. The Labute approximate surface area is 220 Å². The molecule has 0 spiro atoms. The molecule has 4 aromatic rings. The number of benzene rings is 3. The van der Waals surface area contributed by atoms with Crippen LogP contribution in [0.4, 0.5) is 5.69 Å². The molecule has 1 aliphatic heterocycles. The molecular formula is C31H27NO6. The van der Waals surface area contributed by atoms with Crippen molar-refractivity contribution in [1.82, 2.24) is 0 Å². The van der Waals surface area contributed by atoms with Gasteiger partial charge in [-0.05, 0) is 67.4 Å². The number of ether oxygens (including phenoxy) is 2. The Bertz CT molecular complexity index is 1530. The smallest absolute Gasteiger partial charge is 0.300 e. The number of nitrogens with zero attached hydrogens (tertiary/aromatic N) is 1. The van der Waals surface area contributed by atoms with Crippen LogP contribution in [0.5, 0.6) is 11.5 Å². The lowest BCUT2D eigenvalue weighted by Crippen LogP contribution is -2.29. The van der Waals surface area contributed by atoms with Crippen molar-refractivity contribution in [3.8, 4) is 11.5 Å². The largest absolute Gasteiger partial charge is 0.507 e. The fourth-order valence-corrected chi connectivity index (χ4v) is 4.63. The highest BCUT2D eigenvalue weighted by Gasteiger charge is 2.49. The van der Waals surface area contributed by atoms with E-state index in [-0.39, 0.29) is 11.3 Å². The molecule has 1 aromatic heterocycles. The van der Waals surface area contributed by atoms with Crippen molar-refractivity contribution < 1.29 is 28.6 Å². The molecule has 0 aliphatic carbocycles. The van der Waals surface area contributed by atoms with Crippen molar-refractivity contribution in [3.63, 3.8) is 0 Å². The minimum Gasteiger partial charge on any atom is -0.507 e. The number of anilines is 1. The number of para-hydroxylation sites is 2. The molecule has 1 atom stereocenters. The summed E-state index contributed by atoms with van der Waals surface area (Å²) < 4.78 is 17.3. The van der Waals surface area contributed by atoms with Crippen LogP contribution in [0.25, 0.3) is 5.76 Å². The van der Waals surface area contributed by atoms with E-state index in [9.17, 15) is 14.7 Å². The molecule has 0 radical (unpaired) electrons. The summed E-state index contributed by atoms with van der Waals surface area (Å²) in [5, 5.41) is 11.4. The lowest BCUT2D eigenvalue weighted by atomic mass is 9.98. The third-order valence-electron chi connectivity index (χ3n) is 6.51. The third-order valence-corrected chi connectivity index (χ3v) is 6.51. The van der Waals surface area contributed by atoms with Crippen molar-refractivity contribution in [1.29, 1.82) is 0 Å². The molecule has 5 rings (SSSR count). The van der Waals surface area contributed by atoms with Gasteiger partial charge in [-0.3, -0.25) is 14.5 Å². The van der Waals surface area contributed by atoms with E-state index in [0.29, 0.717) is 40.9 Å². The van der Waals surface area contributed by atoms with E-state index in [4.69, 9.17) is 13.9 Å². The second-order valence-corrected chi connectivity index (χ2v) is 9.04. The van der Waals surface area contributed by atoms with Gasteiger partial charge in [0.1, 0.15) is 41.4 Å². The van der Waals surface area contributed by atoms with Gasteiger partial charge < -0.3 is 19.0 Å². The Kier molecular flexibility index (Phi) is 6.75. The van der Waals surface area contributed by atoms with Gasteiger partial charge in [-0.25, -0.2) is 0 Å². The fourth-order valence-electron chi connectivity index (χ4n) is 4.63. The summed E-state index contributed by atoms with van der Waals surface area (Å²) in [6, 6.07) is 24.3. The van der Waals surface area contributed by atoms with E-state index in [1.54, 1.807) is 61.5 Å². The van der Waals surface area contributed by atoms with Gasteiger partial charge in [0.15, 0.2) is 0 Å². The van der Waals surface area contributed by atoms with Crippen molar-refractivity contribution >= 4 is 23.1 Å². The van der Waals surface area contributed by atoms with E-state index in [1.807, 2.05) is 37.3 Å². The molecular weight excluding hydrogens is 482 g/mol. The standard InChI is InChI=1S/C31H27NO6/c1-19-17-22(14-16-24(19)37-18-21-9-5-4-6-10-21)29(33)27-28(26-15-13-20(2)38-26)32(31(35)30(27)34)23-11-7-8-12-25(23)36-3/h4-17,28,33H,18H2,1-3H3/b29-27-. The van der Waals surface area contributed by atoms with Gasteiger partial charge in [0.2, 0.25) is 0 Å². The molecule has 7 heteroatoms. The Morgan fingerprint density at radius 1 is 0.921 bits per heavy atom. The highest BCUT2D eigenvalue weighted by Crippen LogP contribution is 2.45. The van der Waals surface area contributed by atoms with E-state index >= 15 is 0 Å². The zero-order valence-corrected chi connectivity index (χ0v) is 21.3. The van der Waals surface area contributed by atoms with Crippen LogP contribution in [0.2, 0.25) is 0 Å². The van der Waals surface area contributed by atoms with Crippen molar-refractivity contribution in [2.75, 3.05) is 12.0 Å². The third kappa shape index (κ3) is 4.54. The van der Waals surface area contributed by atoms with Crippen LogP contribution in [-0.2, 0) is 16.2 Å². The van der Waals surface area contributed by atoms with E-state index in [0.717, 1.165) is 11.1 Å². The molecule has 1 aliphatic rings. The number of aliphatic hydroxyl groups excluding tert-OH is 1. The molecule has 7 nitrogen and oxygen atoms in total. The van der Waals surface area contributed by atoms with Gasteiger partial charge in [0.05, 0.1) is 18.4 Å². The zero-order valence-electron chi connectivity index (χ0n) is 21.3. The average Bonchev–Trinajstić information content (AvgIpc) is 3.48. The lowest BCUT2D eigenvalue weighted by molar-refractivity contribution is -0.132. The molecule has 1 amide bonds. The fraction of sp³-hybridized carbons (Fsp3) is 0.161. The normalized spacial score (nSPS) is 16.6. The quantitative estimate of drug-likeness (QED) is 0.184. The summed E-state index contributed by atoms with van der Waals surface area (Å²) in [6.07, 6.45) is 0. The first-order valence-electron chi connectivity index (χ1n) is 12.2. The molecule has 0 bridgehead atoms. The average molecular weight is 510 g/mol. The predicted octanol–water partition coefficient (Wildman–Crippen LogP) is 6.11. The van der Waals surface area contributed by atoms with Gasteiger partial charge >= 0.3 is 0 Å². The lowest BCUT2D eigenvalue weighted by Gasteiger charge is -2.25. The zero-order chi connectivity index (χ0) is 26.8. The van der Waals surface area contributed by atoms with Crippen LogP contribution in [0, 0.1) is 13.8 Å². The Balaban J connectivity index is 1.56. The number of furan rings is 1. The van der Waals surface area contributed by atoms with Crippen LogP contribution in [0.3, 0.4) is 0 Å². The number of methoxy groups -OCH3 is 1. The number of amides is 1. The van der Waals surface area contributed by atoms with Gasteiger partial charge in [-0.2, -0.15) is 0 Å². The number of aliphatic hydroxyl groups is 1. The van der Waals surface area contributed by atoms with Crippen molar-refractivity contribution in [2.45, 2.75) is 26.5 Å². The summed E-state index contributed by atoms with van der Waals surface area (Å²) >= 11 is 0. The second kappa shape index (κ2) is 10.3. The number of aryl methyl sites for hydroxylation is 2. The Morgan fingerprint density at radius 2 is 1.66 bits per heavy atom. The number of ketones is 1. The summed E-state index contributed by atoms with van der Waals surface area (Å²) in [4.78, 5) is 28.1. The summed E-state index contributed by atoms with van der Waals surface area (Å²) in [7, 11) is 1.49. The predicted molar refractivity (Wildman–Crippen MR) is 143 cm³/mol. The molecule has 192 valence electrons. The van der Waals surface area contributed by atoms with E-state index in [2.05, 4.69) is 0 Å². The van der Waals surface area contributed by atoms with Crippen molar-refractivity contribution in [2.24, 2.45) is 0 Å². The number of carbonyl (C=O) groups is 2. The van der Waals surface area contributed by atoms with Crippen LogP contribution in [0.1, 0.15) is 34.3 Å². The summed E-state index contributed by atoms with van der Waals surface area (Å²) in [6.45, 7) is 4.03. The first-order valence-corrected chi connectivity index (χ1v) is 12.2. The molecule has 1 saturated heterocycles. The maximum absolute atomic E-state index is 13.4. The molecule has 1 N–H and O–H groups in total. The SMILES string of the molecule is COc1ccccc1N1C(=O)C(=O)/C(=C(\O)c2ccc(OCc3ccccc3)c(C)c2)C1c1ccc(C)o1. The molecule has 2 heterocycles. The van der Waals surface area contributed by atoms with Crippen LogP contribution in [-0.4, -0.2) is 23.9 Å². The number of hydrogen-bond donors (Lipinski definition) is 1. The summed E-state index contributed by atoms with van der Waals surface area (Å²) in [5.41, 5.74) is 2.53. The minimum atomic E-state index is -0.977. The van der Waals surface area contributed by atoms with Gasteiger partial charge in [0, 0.05) is 5.56 Å². The topological polar surface area (TPSA) is 89.2 Å². The van der Waals surface area contributed by atoms with Crippen LogP contribution in [0.15, 0.2) is 94.9 Å². The van der Waals surface area contributed by atoms with Gasteiger partial charge in [-0.1, -0.05) is 42.5 Å². The van der Waals surface area contributed by atoms with Gasteiger partial charge in [0.25, 0.3) is 11.7 Å². The van der Waals surface area contributed by atoms with E-state index in [1.165, 1.54) is 12.0 Å². The minimum absolute atomic E-state index is 0.0624. The first kappa shape index (κ1) is 24.9. The summed E-state index contributed by atoms with van der Waals surface area (Å²) in [5.74, 6) is 0.147. The molecule has 38 heavy (non-hydrogen) atoms. The number of hydrogen-bond acceptors (Lipinski definition) is 6. The van der Waals surface area contributed by atoms with Crippen molar-refractivity contribution in [3.05, 3.63) is 119 Å². The second-order valence-electron chi connectivity index (χ2n) is 9.04. The van der Waals surface area contributed by atoms with E-state index < -0.39 is 17.7 Å². The highest BCUT2D eigenvalue weighted by atomic mass is 16.5. The Hall–Kier alpha value is -4.78. The van der Waals surface area contributed by atoms with Gasteiger partial charge in [-0.15, -0.1) is 0 Å². The maximum atomic E-state index is 13.4. The van der Waals surface area contributed by atoms with Crippen LogP contribution >= 0.6 is 0 Å². The Morgan fingerprint density at radius 3 is 2.34 bits per heavy atom. The number of carbonyl (C=O) groups excluding carboxylic acids is 2. The molecule has 3 aromatic carbocycles. The maximum Gasteiger partial charge on any atom is 0.300 e. The number of rotatable bonds is 7. The van der Waals surface area contributed by atoms with Crippen LogP contribution < -0.4 is 14.4 Å².